The quantitative estimate of drug-likeness (QED) is 0.605. The van der Waals surface area contributed by atoms with Crippen molar-refractivity contribution in [1.82, 2.24) is 5.32 Å². The Morgan fingerprint density at radius 1 is 1.37 bits per heavy atom. The number of nitrogens with one attached hydrogen (secondary N) is 1. The number of ether oxygens (including phenoxy) is 1. The summed E-state index contributed by atoms with van der Waals surface area (Å²) in [5.41, 5.74) is -0.00580. The van der Waals surface area contributed by atoms with E-state index >= 15 is 0 Å². The summed E-state index contributed by atoms with van der Waals surface area (Å²) in [6.07, 6.45) is 0.920. The zero-order chi connectivity index (χ0) is 14.3. The van der Waals surface area contributed by atoms with E-state index in [-0.39, 0.29) is 18.2 Å². The van der Waals surface area contributed by atoms with Crippen molar-refractivity contribution < 1.29 is 14.5 Å². The maximum Gasteiger partial charge on any atom is 0.269 e. The number of nitro groups is 1. The van der Waals surface area contributed by atoms with Crippen LogP contribution in [0.1, 0.15) is 20.3 Å². The minimum Gasteiger partial charge on any atom is -0.484 e. The predicted molar refractivity (Wildman–Crippen MR) is 71.1 cm³/mol. The Morgan fingerprint density at radius 3 is 2.53 bits per heavy atom. The van der Waals surface area contributed by atoms with Gasteiger partial charge in [-0.15, -0.1) is 0 Å². The van der Waals surface area contributed by atoms with Gasteiger partial charge in [-0.3, -0.25) is 14.9 Å². The fourth-order valence-electron chi connectivity index (χ4n) is 1.36. The van der Waals surface area contributed by atoms with Gasteiger partial charge in [0.05, 0.1) is 4.92 Å². The SMILES string of the molecule is CC(C)CCNC(=O)COc1ccc([N+](=O)[O-])cc1. The summed E-state index contributed by atoms with van der Waals surface area (Å²) in [4.78, 5) is 21.4. The Bertz CT molecular complexity index is 429. The molecule has 0 bridgehead atoms. The monoisotopic (exact) mass is 266 g/mol. The average Bonchev–Trinajstić information content (AvgIpc) is 2.36. The molecule has 0 saturated heterocycles. The van der Waals surface area contributed by atoms with E-state index < -0.39 is 4.92 Å². The van der Waals surface area contributed by atoms with E-state index in [0.717, 1.165) is 6.42 Å². The van der Waals surface area contributed by atoms with Crippen LogP contribution in [0.15, 0.2) is 24.3 Å². The van der Waals surface area contributed by atoms with Crippen molar-refractivity contribution >= 4 is 11.6 Å². The molecule has 0 spiro atoms. The number of carbonyl (C=O) groups is 1. The van der Waals surface area contributed by atoms with Crippen LogP contribution in [0.25, 0.3) is 0 Å². The van der Waals surface area contributed by atoms with Crippen LogP contribution in [-0.4, -0.2) is 24.0 Å². The fourth-order valence-corrected chi connectivity index (χ4v) is 1.36. The Balaban J connectivity index is 2.32. The smallest absolute Gasteiger partial charge is 0.269 e. The minimum atomic E-state index is -0.484. The number of benzene rings is 1. The summed E-state index contributed by atoms with van der Waals surface area (Å²) >= 11 is 0. The Hall–Kier alpha value is -2.11. The highest BCUT2D eigenvalue weighted by atomic mass is 16.6. The maximum absolute atomic E-state index is 11.4. The second kappa shape index (κ2) is 7.35. The van der Waals surface area contributed by atoms with Crippen molar-refractivity contribution in [1.29, 1.82) is 0 Å². The molecule has 19 heavy (non-hydrogen) atoms. The molecule has 0 heterocycles. The van der Waals surface area contributed by atoms with E-state index in [9.17, 15) is 14.9 Å². The van der Waals surface area contributed by atoms with Crippen LogP contribution in [0.3, 0.4) is 0 Å². The van der Waals surface area contributed by atoms with E-state index in [1.807, 2.05) is 0 Å². The van der Waals surface area contributed by atoms with Gasteiger partial charge >= 0.3 is 0 Å². The zero-order valence-corrected chi connectivity index (χ0v) is 11.1. The molecule has 1 aromatic carbocycles. The van der Waals surface area contributed by atoms with Crippen LogP contribution in [0, 0.1) is 16.0 Å². The summed E-state index contributed by atoms with van der Waals surface area (Å²) in [5.74, 6) is 0.777. The standard InChI is InChI=1S/C13H18N2O4/c1-10(2)7-8-14-13(16)9-19-12-5-3-11(4-6-12)15(17)18/h3-6,10H,7-9H2,1-2H3,(H,14,16). The van der Waals surface area contributed by atoms with E-state index in [4.69, 9.17) is 4.74 Å². The lowest BCUT2D eigenvalue weighted by molar-refractivity contribution is -0.384. The molecule has 0 fully saturated rings. The molecule has 1 rings (SSSR count). The first-order valence-corrected chi connectivity index (χ1v) is 6.13. The van der Waals surface area contributed by atoms with Crippen LogP contribution in [0.2, 0.25) is 0 Å². The highest BCUT2D eigenvalue weighted by molar-refractivity contribution is 5.77. The molecule has 0 atom stereocenters. The summed E-state index contributed by atoms with van der Waals surface area (Å²) in [6.45, 7) is 4.70. The van der Waals surface area contributed by atoms with Gasteiger partial charge in [-0.1, -0.05) is 13.8 Å². The van der Waals surface area contributed by atoms with Crippen LogP contribution in [0.4, 0.5) is 5.69 Å². The zero-order valence-electron chi connectivity index (χ0n) is 11.1. The molecule has 6 nitrogen and oxygen atoms in total. The van der Waals surface area contributed by atoms with E-state index in [2.05, 4.69) is 19.2 Å². The van der Waals surface area contributed by atoms with Gasteiger partial charge < -0.3 is 10.1 Å². The van der Waals surface area contributed by atoms with Gasteiger partial charge in [0.2, 0.25) is 0 Å². The number of amides is 1. The van der Waals surface area contributed by atoms with E-state index in [1.54, 1.807) is 0 Å². The number of rotatable bonds is 7. The molecule has 0 aromatic heterocycles. The molecule has 0 aliphatic heterocycles. The summed E-state index contributed by atoms with van der Waals surface area (Å²) in [6, 6.07) is 5.62. The first-order valence-electron chi connectivity index (χ1n) is 6.13. The van der Waals surface area contributed by atoms with Crippen LogP contribution < -0.4 is 10.1 Å². The van der Waals surface area contributed by atoms with Gasteiger partial charge in [0.1, 0.15) is 5.75 Å². The molecule has 0 unspecified atom stereocenters. The third-order valence-corrected chi connectivity index (χ3v) is 2.46. The lowest BCUT2D eigenvalue weighted by Crippen LogP contribution is -2.30. The molecule has 1 amide bonds. The van der Waals surface area contributed by atoms with E-state index in [0.29, 0.717) is 18.2 Å². The van der Waals surface area contributed by atoms with Gasteiger partial charge in [0, 0.05) is 18.7 Å². The average molecular weight is 266 g/mol. The number of carbonyl (C=O) groups excluding carboxylic acids is 1. The van der Waals surface area contributed by atoms with Crippen molar-refractivity contribution in [2.24, 2.45) is 5.92 Å². The Morgan fingerprint density at radius 2 is 2.00 bits per heavy atom. The molecule has 6 heteroatoms. The van der Waals surface area contributed by atoms with Gasteiger partial charge in [0.15, 0.2) is 6.61 Å². The number of non-ortho nitro benzene ring substituents is 1. The summed E-state index contributed by atoms with van der Waals surface area (Å²) in [5, 5.41) is 13.2. The minimum absolute atomic E-state index is 0.00580. The molecular formula is C13H18N2O4. The van der Waals surface area contributed by atoms with Crippen molar-refractivity contribution in [3.63, 3.8) is 0 Å². The number of nitro benzene ring substituents is 1. The van der Waals surface area contributed by atoms with Crippen molar-refractivity contribution in [3.8, 4) is 5.75 Å². The van der Waals surface area contributed by atoms with Gasteiger partial charge in [-0.25, -0.2) is 0 Å². The molecular weight excluding hydrogens is 248 g/mol. The molecule has 0 saturated carbocycles. The maximum atomic E-state index is 11.4. The third kappa shape index (κ3) is 5.85. The van der Waals surface area contributed by atoms with Crippen LogP contribution in [0.5, 0.6) is 5.75 Å². The largest absolute Gasteiger partial charge is 0.484 e. The first-order chi connectivity index (χ1) is 8.99. The third-order valence-electron chi connectivity index (χ3n) is 2.46. The molecule has 1 aromatic rings. The van der Waals surface area contributed by atoms with Gasteiger partial charge in [-0.2, -0.15) is 0 Å². The number of hydrogen-bond donors (Lipinski definition) is 1. The number of nitrogens with zero attached hydrogens (tertiary/aromatic N) is 1. The van der Waals surface area contributed by atoms with Gasteiger partial charge in [-0.05, 0) is 24.5 Å². The van der Waals surface area contributed by atoms with Crippen LogP contribution >= 0.6 is 0 Å². The Labute approximate surface area is 111 Å². The second-order valence-corrected chi connectivity index (χ2v) is 4.57. The lowest BCUT2D eigenvalue weighted by Gasteiger charge is -2.08. The highest BCUT2D eigenvalue weighted by Crippen LogP contribution is 2.16. The topological polar surface area (TPSA) is 81.5 Å². The molecule has 0 radical (unpaired) electrons. The molecule has 0 aliphatic rings. The Kier molecular flexibility index (Phi) is 5.78. The highest BCUT2D eigenvalue weighted by Gasteiger charge is 2.06. The lowest BCUT2D eigenvalue weighted by atomic mass is 10.1. The normalized spacial score (nSPS) is 10.3. The molecule has 0 aliphatic carbocycles. The molecule has 104 valence electrons. The summed E-state index contributed by atoms with van der Waals surface area (Å²) in [7, 11) is 0. The van der Waals surface area contributed by atoms with Crippen LogP contribution in [-0.2, 0) is 4.79 Å². The number of hydrogen-bond acceptors (Lipinski definition) is 4. The fraction of sp³-hybridized carbons (Fsp3) is 0.462. The first kappa shape index (κ1) is 14.9. The van der Waals surface area contributed by atoms with Gasteiger partial charge in [0.25, 0.3) is 11.6 Å². The van der Waals surface area contributed by atoms with Crippen molar-refractivity contribution in [3.05, 3.63) is 34.4 Å². The van der Waals surface area contributed by atoms with Crippen molar-refractivity contribution in [2.45, 2.75) is 20.3 Å². The van der Waals surface area contributed by atoms with E-state index in [1.165, 1.54) is 24.3 Å². The second-order valence-electron chi connectivity index (χ2n) is 4.57. The molecule has 1 N–H and O–H groups in total. The predicted octanol–water partition coefficient (Wildman–Crippen LogP) is 2.14. The summed E-state index contributed by atoms with van der Waals surface area (Å²) < 4.78 is 5.23. The van der Waals surface area contributed by atoms with Crippen molar-refractivity contribution in [2.75, 3.05) is 13.2 Å².